The van der Waals surface area contributed by atoms with E-state index in [4.69, 9.17) is 10.00 Å². The number of rotatable bonds is 2. The number of benzene rings is 1. The fraction of sp³-hybridized carbons (Fsp3) is 0.300. The first-order valence-corrected chi connectivity index (χ1v) is 4.97. The molecule has 1 aromatic carbocycles. The first-order valence-electron chi connectivity index (χ1n) is 3.89. The highest BCUT2D eigenvalue weighted by atomic mass is 127. The molecule has 0 spiro atoms. The average Bonchev–Trinajstić information content (AvgIpc) is 2.09. The first kappa shape index (κ1) is 10.3. The van der Waals surface area contributed by atoms with Crippen LogP contribution in [-0.4, -0.2) is 7.11 Å². The van der Waals surface area contributed by atoms with Crippen LogP contribution in [0.4, 0.5) is 0 Å². The summed E-state index contributed by atoms with van der Waals surface area (Å²) in [5, 5.41) is 8.62. The van der Waals surface area contributed by atoms with Crippen LogP contribution in [0, 0.1) is 21.8 Å². The Bertz CT molecular complexity index is 355. The summed E-state index contributed by atoms with van der Waals surface area (Å²) in [5.41, 5.74) is 2.14. The average molecular weight is 287 g/mol. The standard InChI is InChI=1S/C10H10INO/c1-7-5-9(11)8(3-4-12)10(6-7)13-2/h5-6H,3H2,1-2H3. The second-order valence-electron chi connectivity index (χ2n) is 2.76. The Morgan fingerprint density at radius 3 is 2.77 bits per heavy atom. The van der Waals surface area contributed by atoms with Gasteiger partial charge in [0.2, 0.25) is 0 Å². The molecule has 13 heavy (non-hydrogen) atoms. The van der Waals surface area contributed by atoms with Crippen molar-refractivity contribution in [1.29, 1.82) is 5.26 Å². The second kappa shape index (κ2) is 4.47. The minimum Gasteiger partial charge on any atom is -0.496 e. The maximum absolute atomic E-state index is 8.62. The molecule has 0 unspecified atom stereocenters. The fourth-order valence-corrected chi connectivity index (χ4v) is 2.12. The Balaban J connectivity index is 3.23. The number of nitriles is 1. The summed E-state index contributed by atoms with van der Waals surface area (Å²) >= 11 is 2.23. The van der Waals surface area contributed by atoms with E-state index in [1.807, 2.05) is 13.0 Å². The van der Waals surface area contributed by atoms with Crippen LogP contribution >= 0.6 is 22.6 Å². The van der Waals surface area contributed by atoms with Gasteiger partial charge in [-0.25, -0.2) is 0 Å². The molecule has 3 heteroatoms. The quantitative estimate of drug-likeness (QED) is 0.783. The first-order chi connectivity index (χ1) is 6.19. The molecule has 0 aliphatic carbocycles. The highest BCUT2D eigenvalue weighted by Gasteiger charge is 2.07. The van der Waals surface area contributed by atoms with Crippen molar-refractivity contribution in [3.05, 3.63) is 26.8 Å². The van der Waals surface area contributed by atoms with E-state index in [-0.39, 0.29) is 0 Å². The van der Waals surface area contributed by atoms with Crippen LogP contribution in [-0.2, 0) is 6.42 Å². The van der Waals surface area contributed by atoms with Crippen molar-refractivity contribution >= 4 is 22.6 Å². The van der Waals surface area contributed by atoms with Gasteiger partial charge in [0.1, 0.15) is 5.75 Å². The zero-order valence-corrected chi connectivity index (χ0v) is 9.75. The molecule has 0 aromatic heterocycles. The van der Waals surface area contributed by atoms with Crippen LogP contribution in [0.2, 0.25) is 0 Å². The zero-order chi connectivity index (χ0) is 9.84. The lowest BCUT2D eigenvalue weighted by atomic mass is 10.1. The third-order valence-electron chi connectivity index (χ3n) is 1.77. The maximum atomic E-state index is 8.62. The Morgan fingerprint density at radius 1 is 1.54 bits per heavy atom. The normalized spacial score (nSPS) is 9.38. The van der Waals surface area contributed by atoms with Crippen molar-refractivity contribution in [3.8, 4) is 11.8 Å². The Hall–Kier alpha value is -0.760. The Kier molecular flexibility index (Phi) is 3.55. The molecule has 0 atom stereocenters. The summed E-state index contributed by atoms with van der Waals surface area (Å²) in [6, 6.07) is 6.14. The molecule has 0 saturated heterocycles. The van der Waals surface area contributed by atoms with Crippen molar-refractivity contribution in [3.63, 3.8) is 0 Å². The molecule has 0 saturated carbocycles. The molecule has 0 fully saturated rings. The lowest BCUT2D eigenvalue weighted by Gasteiger charge is -2.08. The summed E-state index contributed by atoms with van der Waals surface area (Å²) < 4.78 is 6.30. The zero-order valence-electron chi connectivity index (χ0n) is 7.60. The Labute approximate surface area is 91.7 Å². The second-order valence-corrected chi connectivity index (χ2v) is 3.92. The van der Waals surface area contributed by atoms with Crippen LogP contribution in [0.25, 0.3) is 0 Å². The van der Waals surface area contributed by atoms with E-state index < -0.39 is 0 Å². The van der Waals surface area contributed by atoms with Gasteiger partial charge in [-0.15, -0.1) is 0 Å². The van der Waals surface area contributed by atoms with Crippen LogP contribution in [0.1, 0.15) is 11.1 Å². The number of methoxy groups -OCH3 is 1. The van der Waals surface area contributed by atoms with Crippen molar-refractivity contribution in [2.75, 3.05) is 7.11 Å². The van der Waals surface area contributed by atoms with E-state index in [9.17, 15) is 0 Å². The third kappa shape index (κ3) is 2.34. The smallest absolute Gasteiger partial charge is 0.124 e. The van der Waals surface area contributed by atoms with Gasteiger partial charge in [0, 0.05) is 9.13 Å². The van der Waals surface area contributed by atoms with Crippen molar-refractivity contribution in [2.24, 2.45) is 0 Å². The predicted molar refractivity (Wildman–Crippen MR) is 59.8 cm³/mol. The molecule has 68 valence electrons. The van der Waals surface area contributed by atoms with E-state index in [1.165, 1.54) is 0 Å². The number of nitrogens with zero attached hydrogens (tertiary/aromatic N) is 1. The van der Waals surface area contributed by atoms with Gasteiger partial charge in [-0.2, -0.15) is 5.26 Å². The van der Waals surface area contributed by atoms with Gasteiger partial charge >= 0.3 is 0 Å². The summed E-state index contributed by atoms with van der Waals surface area (Å²) in [4.78, 5) is 0. The highest BCUT2D eigenvalue weighted by molar-refractivity contribution is 14.1. The van der Waals surface area contributed by atoms with Gasteiger partial charge in [-0.3, -0.25) is 0 Å². The molecular formula is C10H10INO. The van der Waals surface area contributed by atoms with Crippen molar-refractivity contribution < 1.29 is 4.74 Å². The number of halogens is 1. The Morgan fingerprint density at radius 2 is 2.23 bits per heavy atom. The molecular weight excluding hydrogens is 277 g/mol. The lowest BCUT2D eigenvalue weighted by Crippen LogP contribution is -1.95. The molecule has 0 radical (unpaired) electrons. The van der Waals surface area contributed by atoms with Crippen LogP contribution in [0.3, 0.4) is 0 Å². The maximum Gasteiger partial charge on any atom is 0.124 e. The predicted octanol–water partition coefficient (Wildman–Crippen LogP) is 2.67. The van der Waals surface area contributed by atoms with Crippen molar-refractivity contribution in [1.82, 2.24) is 0 Å². The molecule has 0 aliphatic rings. The molecule has 2 nitrogen and oxygen atoms in total. The van der Waals surface area contributed by atoms with Gasteiger partial charge in [-0.1, -0.05) is 0 Å². The topological polar surface area (TPSA) is 33.0 Å². The molecule has 1 aromatic rings. The molecule has 0 bridgehead atoms. The van der Waals surface area contributed by atoms with Crippen LogP contribution in [0.15, 0.2) is 12.1 Å². The van der Waals surface area contributed by atoms with E-state index in [0.717, 1.165) is 20.4 Å². The lowest BCUT2D eigenvalue weighted by molar-refractivity contribution is 0.410. The van der Waals surface area contributed by atoms with Gasteiger partial charge < -0.3 is 4.74 Å². The molecule has 1 rings (SSSR count). The van der Waals surface area contributed by atoms with Crippen LogP contribution in [0.5, 0.6) is 5.75 Å². The largest absolute Gasteiger partial charge is 0.496 e. The number of hydrogen-bond donors (Lipinski definition) is 0. The number of ether oxygens (including phenoxy) is 1. The SMILES string of the molecule is COc1cc(C)cc(I)c1CC#N. The number of hydrogen-bond acceptors (Lipinski definition) is 2. The molecule has 0 N–H and O–H groups in total. The minimum atomic E-state index is 0.404. The monoisotopic (exact) mass is 287 g/mol. The van der Waals surface area contributed by atoms with Gasteiger partial charge in [0.25, 0.3) is 0 Å². The van der Waals surface area contributed by atoms with Crippen LogP contribution < -0.4 is 4.74 Å². The fourth-order valence-electron chi connectivity index (χ4n) is 1.17. The summed E-state index contributed by atoms with van der Waals surface area (Å²) in [6.45, 7) is 2.01. The molecule has 0 heterocycles. The molecule has 0 aliphatic heterocycles. The van der Waals surface area contributed by atoms with E-state index in [0.29, 0.717) is 6.42 Å². The number of aryl methyl sites for hydroxylation is 1. The van der Waals surface area contributed by atoms with E-state index in [2.05, 4.69) is 34.7 Å². The third-order valence-corrected chi connectivity index (χ3v) is 2.74. The van der Waals surface area contributed by atoms with Gasteiger partial charge in [0.05, 0.1) is 19.6 Å². The van der Waals surface area contributed by atoms with Gasteiger partial charge in [-0.05, 0) is 47.2 Å². The minimum absolute atomic E-state index is 0.404. The molecule has 0 amide bonds. The van der Waals surface area contributed by atoms with Crippen molar-refractivity contribution in [2.45, 2.75) is 13.3 Å². The summed E-state index contributed by atoms with van der Waals surface area (Å²) in [5.74, 6) is 0.811. The van der Waals surface area contributed by atoms with Gasteiger partial charge in [0.15, 0.2) is 0 Å². The van der Waals surface area contributed by atoms with E-state index in [1.54, 1.807) is 7.11 Å². The highest BCUT2D eigenvalue weighted by Crippen LogP contribution is 2.25. The summed E-state index contributed by atoms with van der Waals surface area (Å²) in [7, 11) is 1.63. The summed E-state index contributed by atoms with van der Waals surface area (Å²) in [6.07, 6.45) is 0.404. The van der Waals surface area contributed by atoms with E-state index >= 15 is 0 Å².